The standard InChI is InChI=1S/C10H13ClN6O/c1-2-12-4-3-6(18)15-10-16-8(11)7-9(17-10)14-5-13-7/h5,12H,2-4H2,1H3,(H2,13,14,15,16,17,18). The number of hydrogen-bond acceptors (Lipinski definition) is 5. The van der Waals surface area contributed by atoms with E-state index in [0.717, 1.165) is 6.54 Å². The van der Waals surface area contributed by atoms with Gasteiger partial charge in [-0.1, -0.05) is 18.5 Å². The molecular weight excluding hydrogens is 256 g/mol. The lowest BCUT2D eigenvalue weighted by molar-refractivity contribution is -0.116. The van der Waals surface area contributed by atoms with Gasteiger partial charge in [0.25, 0.3) is 0 Å². The van der Waals surface area contributed by atoms with Gasteiger partial charge in [-0.05, 0) is 6.54 Å². The van der Waals surface area contributed by atoms with Gasteiger partial charge in [0.1, 0.15) is 5.52 Å². The highest BCUT2D eigenvalue weighted by Gasteiger charge is 2.10. The molecule has 0 fully saturated rings. The van der Waals surface area contributed by atoms with Gasteiger partial charge in [0, 0.05) is 13.0 Å². The molecule has 0 aliphatic rings. The predicted octanol–water partition coefficient (Wildman–Crippen LogP) is 0.944. The van der Waals surface area contributed by atoms with Crippen LogP contribution in [0.4, 0.5) is 5.95 Å². The molecule has 96 valence electrons. The maximum absolute atomic E-state index is 11.6. The highest BCUT2D eigenvalue weighted by atomic mass is 35.5. The first-order valence-electron chi connectivity index (χ1n) is 5.58. The second-order valence-electron chi connectivity index (χ2n) is 3.59. The molecule has 8 heteroatoms. The largest absolute Gasteiger partial charge is 0.341 e. The monoisotopic (exact) mass is 268 g/mol. The van der Waals surface area contributed by atoms with E-state index in [2.05, 4.69) is 30.6 Å². The number of aromatic amines is 1. The molecule has 0 saturated carbocycles. The number of hydrogen-bond donors (Lipinski definition) is 3. The first-order chi connectivity index (χ1) is 8.70. The average Bonchev–Trinajstić information content (AvgIpc) is 2.78. The topological polar surface area (TPSA) is 95.6 Å². The molecule has 18 heavy (non-hydrogen) atoms. The predicted molar refractivity (Wildman–Crippen MR) is 68.5 cm³/mol. The number of imidazole rings is 1. The fourth-order valence-electron chi connectivity index (χ4n) is 1.42. The molecule has 7 nitrogen and oxygen atoms in total. The summed E-state index contributed by atoms with van der Waals surface area (Å²) in [7, 11) is 0. The van der Waals surface area contributed by atoms with Crippen LogP contribution >= 0.6 is 11.6 Å². The minimum Gasteiger partial charge on any atom is -0.341 e. The number of carbonyl (C=O) groups is 1. The van der Waals surface area contributed by atoms with Gasteiger partial charge in [-0.2, -0.15) is 9.97 Å². The van der Waals surface area contributed by atoms with Crippen molar-refractivity contribution in [2.24, 2.45) is 0 Å². The SMILES string of the molecule is CCNCCC(=O)Nc1nc(Cl)c2[nH]cnc2n1. The molecular formula is C10H13ClN6O. The Bertz CT molecular complexity index is 554. The maximum Gasteiger partial charge on any atom is 0.233 e. The van der Waals surface area contributed by atoms with Crippen LogP contribution in [0.3, 0.4) is 0 Å². The summed E-state index contributed by atoms with van der Waals surface area (Å²) in [6.45, 7) is 3.42. The highest BCUT2D eigenvalue weighted by molar-refractivity contribution is 6.33. The van der Waals surface area contributed by atoms with E-state index >= 15 is 0 Å². The van der Waals surface area contributed by atoms with Crippen LogP contribution in [0, 0.1) is 0 Å². The van der Waals surface area contributed by atoms with E-state index < -0.39 is 0 Å². The molecule has 1 amide bonds. The summed E-state index contributed by atoms with van der Waals surface area (Å²) in [4.78, 5) is 26.4. The van der Waals surface area contributed by atoms with Gasteiger partial charge in [0.2, 0.25) is 11.9 Å². The summed E-state index contributed by atoms with van der Waals surface area (Å²) in [6, 6.07) is 0. The van der Waals surface area contributed by atoms with Gasteiger partial charge in [-0.25, -0.2) is 4.98 Å². The molecule has 0 aromatic carbocycles. The third-order valence-electron chi connectivity index (χ3n) is 2.27. The number of carbonyl (C=O) groups excluding carboxylic acids is 1. The number of nitrogens with one attached hydrogen (secondary N) is 3. The smallest absolute Gasteiger partial charge is 0.233 e. The summed E-state index contributed by atoms with van der Waals surface area (Å²) < 4.78 is 0. The Balaban J connectivity index is 2.05. The average molecular weight is 269 g/mol. The van der Waals surface area contributed by atoms with Crippen LogP contribution in [0.5, 0.6) is 0 Å². The van der Waals surface area contributed by atoms with Gasteiger partial charge in [0.15, 0.2) is 10.8 Å². The highest BCUT2D eigenvalue weighted by Crippen LogP contribution is 2.18. The quantitative estimate of drug-likeness (QED) is 0.554. The second kappa shape index (κ2) is 5.74. The van der Waals surface area contributed by atoms with Crippen molar-refractivity contribution in [3.05, 3.63) is 11.5 Å². The molecule has 0 atom stereocenters. The minimum absolute atomic E-state index is 0.165. The third-order valence-corrected chi connectivity index (χ3v) is 2.55. The van der Waals surface area contributed by atoms with Crippen LogP contribution in [0.15, 0.2) is 6.33 Å². The van der Waals surface area contributed by atoms with Crippen molar-refractivity contribution in [1.29, 1.82) is 0 Å². The number of nitrogens with zero attached hydrogens (tertiary/aromatic N) is 3. The number of aromatic nitrogens is 4. The number of H-pyrrole nitrogens is 1. The van der Waals surface area contributed by atoms with Gasteiger partial charge in [0.05, 0.1) is 6.33 Å². The van der Waals surface area contributed by atoms with E-state index in [-0.39, 0.29) is 17.0 Å². The zero-order valence-electron chi connectivity index (χ0n) is 9.83. The normalized spacial score (nSPS) is 10.8. The van der Waals surface area contributed by atoms with E-state index in [1.54, 1.807) is 0 Å². The van der Waals surface area contributed by atoms with E-state index in [1.165, 1.54) is 6.33 Å². The molecule has 0 aliphatic heterocycles. The van der Waals surface area contributed by atoms with Crippen LogP contribution in [-0.4, -0.2) is 38.9 Å². The molecule has 2 heterocycles. The first-order valence-corrected chi connectivity index (χ1v) is 5.95. The van der Waals surface area contributed by atoms with Crippen molar-refractivity contribution in [3.63, 3.8) is 0 Å². The van der Waals surface area contributed by atoms with Crippen molar-refractivity contribution in [1.82, 2.24) is 25.3 Å². The molecule has 0 spiro atoms. The van der Waals surface area contributed by atoms with Crippen LogP contribution < -0.4 is 10.6 Å². The summed E-state index contributed by atoms with van der Waals surface area (Å²) in [5.74, 6) is 0.00278. The lowest BCUT2D eigenvalue weighted by Crippen LogP contribution is -2.22. The Kier molecular flexibility index (Phi) is 4.06. The van der Waals surface area contributed by atoms with E-state index in [0.29, 0.717) is 24.1 Å². The van der Waals surface area contributed by atoms with Crippen molar-refractivity contribution >= 4 is 34.6 Å². The van der Waals surface area contributed by atoms with Gasteiger partial charge in [-0.3, -0.25) is 10.1 Å². The molecule has 0 radical (unpaired) electrons. The summed E-state index contributed by atoms with van der Waals surface area (Å²) in [6.07, 6.45) is 1.83. The van der Waals surface area contributed by atoms with Crippen molar-refractivity contribution in [3.8, 4) is 0 Å². The maximum atomic E-state index is 11.6. The lowest BCUT2D eigenvalue weighted by Gasteiger charge is -2.04. The van der Waals surface area contributed by atoms with Crippen LogP contribution in [0.1, 0.15) is 13.3 Å². The Hall–Kier alpha value is -1.73. The number of fused-ring (bicyclic) bond motifs is 1. The molecule has 0 saturated heterocycles. The number of rotatable bonds is 5. The fourth-order valence-corrected chi connectivity index (χ4v) is 1.64. The van der Waals surface area contributed by atoms with Gasteiger partial charge >= 0.3 is 0 Å². The number of halogens is 1. The molecule has 3 N–H and O–H groups in total. The molecule has 0 bridgehead atoms. The first kappa shape index (κ1) is 12.7. The summed E-state index contributed by atoms with van der Waals surface area (Å²) >= 11 is 5.93. The van der Waals surface area contributed by atoms with E-state index in [4.69, 9.17) is 11.6 Å². The van der Waals surface area contributed by atoms with Gasteiger partial charge < -0.3 is 10.3 Å². The van der Waals surface area contributed by atoms with E-state index in [9.17, 15) is 4.79 Å². The van der Waals surface area contributed by atoms with Crippen molar-refractivity contribution in [2.45, 2.75) is 13.3 Å². The molecule has 2 rings (SSSR count). The van der Waals surface area contributed by atoms with Crippen LogP contribution in [0.25, 0.3) is 11.2 Å². The van der Waals surface area contributed by atoms with Crippen LogP contribution in [-0.2, 0) is 4.79 Å². The Morgan fingerprint density at radius 3 is 3.11 bits per heavy atom. The van der Waals surface area contributed by atoms with Crippen molar-refractivity contribution < 1.29 is 4.79 Å². The Labute approximate surface area is 108 Å². The Morgan fingerprint density at radius 2 is 2.33 bits per heavy atom. The lowest BCUT2D eigenvalue weighted by atomic mass is 10.4. The van der Waals surface area contributed by atoms with Crippen molar-refractivity contribution in [2.75, 3.05) is 18.4 Å². The zero-order chi connectivity index (χ0) is 13.0. The minimum atomic E-state index is -0.165. The van der Waals surface area contributed by atoms with Crippen LogP contribution in [0.2, 0.25) is 5.15 Å². The number of anilines is 1. The Morgan fingerprint density at radius 1 is 1.50 bits per heavy atom. The summed E-state index contributed by atoms with van der Waals surface area (Å²) in [5, 5.41) is 5.88. The third kappa shape index (κ3) is 2.93. The number of amides is 1. The zero-order valence-corrected chi connectivity index (χ0v) is 10.6. The molecule has 0 aliphatic carbocycles. The summed E-state index contributed by atoms with van der Waals surface area (Å²) in [5.41, 5.74) is 0.985. The molecule has 2 aromatic heterocycles. The molecule has 0 unspecified atom stereocenters. The molecule has 2 aromatic rings. The van der Waals surface area contributed by atoms with E-state index in [1.807, 2.05) is 6.92 Å². The fraction of sp³-hybridized carbons (Fsp3) is 0.400. The van der Waals surface area contributed by atoms with Gasteiger partial charge in [-0.15, -0.1) is 0 Å². The second-order valence-corrected chi connectivity index (χ2v) is 3.95.